The fraction of sp³-hybridized carbons (Fsp3) is 0.385. The number of furan rings is 2. The lowest BCUT2D eigenvalue weighted by Crippen LogP contribution is -2.40. The summed E-state index contributed by atoms with van der Waals surface area (Å²) in [5, 5.41) is 10.9. The molecule has 0 fully saturated rings. The predicted molar refractivity (Wildman–Crippen MR) is 59.9 cm³/mol. The summed E-state index contributed by atoms with van der Waals surface area (Å²) in [6, 6.07) is 7.03. The highest BCUT2D eigenvalue weighted by molar-refractivity contribution is 5.26. The van der Waals surface area contributed by atoms with E-state index in [0.29, 0.717) is 11.5 Å². The van der Waals surface area contributed by atoms with Crippen LogP contribution in [0.15, 0.2) is 45.6 Å². The number of hydrogen-bond acceptors (Lipinski definition) is 3. The third-order valence-corrected chi connectivity index (χ3v) is 2.84. The van der Waals surface area contributed by atoms with Gasteiger partial charge in [-0.25, -0.2) is 0 Å². The highest BCUT2D eigenvalue weighted by atomic mass is 16.4. The highest BCUT2D eigenvalue weighted by Gasteiger charge is 2.48. The van der Waals surface area contributed by atoms with Gasteiger partial charge < -0.3 is 13.9 Å². The van der Waals surface area contributed by atoms with Gasteiger partial charge in [-0.3, -0.25) is 0 Å². The van der Waals surface area contributed by atoms with Crippen LogP contribution in [-0.4, -0.2) is 5.11 Å². The quantitative estimate of drug-likeness (QED) is 0.845. The van der Waals surface area contributed by atoms with E-state index < -0.39 is 11.0 Å². The standard InChI is InChI=1S/C13H16O3/c1-12(2,3)13(14,10-6-4-8-15-10)11-7-5-9-16-11/h4-9,14H,1-3H3. The molecule has 2 heterocycles. The van der Waals surface area contributed by atoms with Crippen molar-refractivity contribution in [1.29, 1.82) is 0 Å². The van der Waals surface area contributed by atoms with Gasteiger partial charge >= 0.3 is 0 Å². The molecule has 16 heavy (non-hydrogen) atoms. The average molecular weight is 220 g/mol. The third kappa shape index (κ3) is 1.48. The van der Waals surface area contributed by atoms with Gasteiger partial charge in [0.1, 0.15) is 11.5 Å². The summed E-state index contributed by atoms with van der Waals surface area (Å²) in [5.41, 5.74) is -1.68. The van der Waals surface area contributed by atoms with Gasteiger partial charge in [0.15, 0.2) is 5.60 Å². The van der Waals surface area contributed by atoms with Gasteiger partial charge in [0.25, 0.3) is 0 Å². The zero-order valence-electron chi connectivity index (χ0n) is 9.73. The molecule has 3 nitrogen and oxygen atoms in total. The van der Waals surface area contributed by atoms with Crippen LogP contribution in [-0.2, 0) is 5.60 Å². The molecule has 2 rings (SSSR count). The zero-order valence-corrected chi connectivity index (χ0v) is 9.73. The smallest absolute Gasteiger partial charge is 0.184 e. The van der Waals surface area contributed by atoms with Crippen LogP contribution < -0.4 is 0 Å². The van der Waals surface area contributed by atoms with Crippen LogP contribution in [0, 0.1) is 5.41 Å². The molecule has 0 saturated carbocycles. The van der Waals surface area contributed by atoms with E-state index in [1.807, 2.05) is 20.8 Å². The van der Waals surface area contributed by atoms with Crippen molar-refractivity contribution in [3.63, 3.8) is 0 Å². The first-order valence-electron chi connectivity index (χ1n) is 5.26. The molecule has 0 saturated heterocycles. The first kappa shape index (κ1) is 11.0. The minimum Gasteiger partial charge on any atom is -0.466 e. The maximum Gasteiger partial charge on any atom is 0.184 e. The Morgan fingerprint density at radius 3 is 1.62 bits per heavy atom. The van der Waals surface area contributed by atoms with Gasteiger partial charge in [0.05, 0.1) is 12.5 Å². The van der Waals surface area contributed by atoms with Crippen molar-refractivity contribution in [2.75, 3.05) is 0 Å². The van der Waals surface area contributed by atoms with Gasteiger partial charge in [0.2, 0.25) is 0 Å². The minimum absolute atomic E-state index is 0.428. The molecule has 86 valence electrons. The van der Waals surface area contributed by atoms with E-state index in [4.69, 9.17) is 8.83 Å². The summed E-state index contributed by atoms with van der Waals surface area (Å²) in [7, 11) is 0. The van der Waals surface area contributed by atoms with Crippen LogP contribution in [0.25, 0.3) is 0 Å². The van der Waals surface area contributed by atoms with Gasteiger partial charge in [-0.15, -0.1) is 0 Å². The topological polar surface area (TPSA) is 46.5 Å². The van der Waals surface area contributed by atoms with Crippen LogP contribution in [0.4, 0.5) is 0 Å². The summed E-state index contributed by atoms with van der Waals surface area (Å²) in [4.78, 5) is 0. The molecular formula is C13H16O3. The molecule has 0 aliphatic heterocycles. The Kier molecular flexibility index (Phi) is 2.43. The lowest BCUT2D eigenvalue weighted by molar-refractivity contribution is -0.0594. The molecule has 1 N–H and O–H groups in total. The lowest BCUT2D eigenvalue weighted by Gasteiger charge is -2.36. The SMILES string of the molecule is CC(C)(C)C(O)(c1ccco1)c1ccco1. The maximum atomic E-state index is 10.9. The molecule has 0 aromatic carbocycles. The van der Waals surface area contributed by atoms with Crippen molar-refractivity contribution in [2.24, 2.45) is 5.41 Å². The molecule has 0 spiro atoms. The summed E-state index contributed by atoms with van der Waals surface area (Å²) >= 11 is 0. The summed E-state index contributed by atoms with van der Waals surface area (Å²) in [6.07, 6.45) is 3.10. The molecule has 0 atom stereocenters. The van der Waals surface area contributed by atoms with Crippen molar-refractivity contribution in [1.82, 2.24) is 0 Å². The lowest BCUT2D eigenvalue weighted by atomic mass is 9.73. The third-order valence-electron chi connectivity index (χ3n) is 2.84. The first-order valence-corrected chi connectivity index (χ1v) is 5.26. The molecule has 0 amide bonds. The van der Waals surface area contributed by atoms with E-state index >= 15 is 0 Å². The van der Waals surface area contributed by atoms with Crippen LogP contribution in [0.1, 0.15) is 32.3 Å². The number of rotatable bonds is 2. The monoisotopic (exact) mass is 220 g/mol. The zero-order chi connectivity index (χ0) is 11.8. The van der Waals surface area contributed by atoms with Crippen LogP contribution in [0.5, 0.6) is 0 Å². The molecule has 0 bridgehead atoms. The van der Waals surface area contributed by atoms with Crippen molar-refractivity contribution >= 4 is 0 Å². The fourth-order valence-corrected chi connectivity index (χ4v) is 1.83. The van der Waals surface area contributed by atoms with Gasteiger partial charge in [-0.05, 0) is 24.3 Å². The van der Waals surface area contributed by atoms with Gasteiger partial charge in [0, 0.05) is 5.41 Å². The van der Waals surface area contributed by atoms with Gasteiger partial charge in [-0.2, -0.15) is 0 Å². The molecule has 2 aromatic heterocycles. The van der Waals surface area contributed by atoms with E-state index in [1.54, 1.807) is 36.8 Å². The maximum absolute atomic E-state index is 10.9. The Morgan fingerprint density at radius 1 is 0.938 bits per heavy atom. The second kappa shape index (κ2) is 3.52. The average Bonchev–Trinajstić information content (AvgIpc) is 2.88. The molecule has 0 radical (unpaired) electrons. The second-order valence-corrected chi connectivity index (χ2v) is 4.92. The minimum atomic E-state index is -1.25. The Bertz CT molecular complexity index is 398. The van der Waals surface area contributed by atoms with E-state index in [1.165, 1.54) is 0 Å². The summed E-state index contributed by atoms with van der Waals surface area (Å²) in [5.74, 6) is 0.991. The molecule has 0 unspecified atom stereocenters. The highest BCUT2D eigenvalue weighted by Crippen LogP contribution is 2.44. The van der Waals surface area contributed by atoms with Gasteiger partial charge in [-0.1, -0.05) is 20.8 Å². The van der Waals surface area contributed by atoms with E-state index in [0.717, 1.165) is 0 Å². The van der Waals surface area contributed by atoms with E-state index in [9.17, 15) is 5.11 Å². The normalized spacial score (nSPS) is 13.0. The molecule has 3 heteroatoms. The summed E-state index contributed by atoms with van der Waals surface area (Å²) in [6.45, 7) is 5.83. The Morgan fingerprint density at radius 2 is 1.38 bits per heavy atom. The number of aliphatic hydroxyl groups is 1. The Balaban J connectivity index is 2.59. The molecule has 0 aliphatic carbocycles. The first-order chi connectivity index (χ1) is 7.46. The Hall–Kier alpha value is -1.48. The van der Waals surface area contributed by atoms with Crippen molar-refractivity contribution < 1.29 is 13.9 Å². The second-order valence-electron chi connectivity index (χ2n) is 4.92. The Labute approximate surface area is 94.7 Å². The molecule has 0 aliphatic rings. The van der Waals surface area contributed by atoms with Crippen molar-refractivity contribution in [2.45, 2.75) is 26.4 Å². The molecule has 2 aromatic rings. The van der Waals surface area contributed by atoms with Crippen molar-refractivity contribution in [3.05, 3.63) is 48.3 Å². The van der Waals surface area contributed by atoms with E-state index in [-0.39, 0.29) is 0 Å². The fourth-order valence-electron chi connectivity index (χ4n) is 1.83. The van der Waals surface area contributed by atoms with Crippen LogP contribution >= 0.6 is 0 Å². The van der Waals surface area contributed by atoms with Crippen LogP contribution in [0.2, 0.25) is 0 Å². The predicted octanol–water partition coefficient (Wildman–Crippen LogP) is 3.15. The largest absolute Gasteiger partial charge is 0.466 e. The van der Waals surface area contributed by atoms with E-state index in [2.05, 4.69) is 0 Å². The van der Waals surface area contributed by atoms with Crippen molar-refractivity contribution in [3.8, 4) is 0 Å². The summed E-state index contributed by atoms with van der Waals surface area (Å²) < 4.78 is 10.7. The molecular weight excluding hydrogens is 204 g/mol. The van der Waals surface area contributed by atoms with Crippen LogP contribution in [0.3, 0.4) is 0 Å². The number of hydrogen-bond donors (Lipinski definition) is 1.